The molecule has 3 rings (SSSR count). The third-order valence-electron chi connectivity index (χ3n) is 3.39. The number of nitrogens with zero attached hydrogens (tertiary/aromatic N) is 1. The monoisotopic (exact) mass is 324 g/mol. The van der Waals surface area contributed by atoms with Crippen LogP contribution in [0.4, 0.5) is 0 Å². The molecule has 0 spiro atoms. The highest BCUT2D eigenvalue weighted by atomic mass is 35.5. The van der Waals surface area contributed by atoms with Crippen molar-refractivity contribution in [1.29, 1.82) is 0 Å². The summed E-state index contributed by atoms with van der Waals surface area (Å²) in [6.07, 6.45) is 1.41. The van der Waals surface area contributed by atoms with Crippen LogP contribution >= 0.6 is 11.6 Å². The van der Waals surface area contributed by atoms with Crippen molar-refractivity contribution >= 4 is 34.5 Å². The quantitative estimate of drug-likeness (QED) is 0.566. The largest absolute Gasteiger partial charge is 0.507 e. The summed E-state index contributed by atoms with van der Waals surface area (Å²) in [5.74, 6) is -0.243. The first kappa shape index (κ1) is 15.1. The summed E-state index contributed by atoms with van der Waals surface area (Å²) < 4.78 is 0. The molecule has 0 aliphatic carbocycles. The fourth-order valence-corrected chi connectivity index (χ4v) is 2.42. The molecule has 2 N–H and O–H groups in total. The maximum atomic E-state index is 11.9. The number of hydrogen-bond donors (Lipinski definition) is 2. The van der Waals surface area contributed by atoms with Crippen LogP contribution in [0.2, 0.25) is 5.02 Å². The number of phenolic OH excluding ortho intramolecular Hbond substituents is 1. The normalized spacial score (nSPS) is 11.0. The number of aromatic hydroxyl groups is 1. The van der Waals surface area contributed by atoms with Gasteiger partial charge in [0.1, 0.15) is 5.75 Å². The first-order valence-corrected chi connectivity index (χ1v) is 7.32. The van der Waals surface area contributed by atoms with Gasteiger partial charge in [-0.25, -0.2) is 5.43 Å². The second-order valence-electron chi connectivity index (χ2n) is 4.93. The highest BCUT2D eigenvalue weighted by Crippen LogP contribution is 2.27. The maximum Gasteiger partial charge on any atom is 0.271 e. The van der Waals surface area contributed by atoms with Crippen molar-refractivity contribution < 1.29 is 9.90 Å². The molecular weight excluding hydrogens is 312 g/mol. The minimum Gasteiger partial charge on any atom is -0.507 e. The van der Waals surface area contributed by atoms with E-state index in [0.717, 1.165) is 10.8 Å². The lowest BCUT2D eigenvalue weighted by molar-refractivity contribution is 0.0955. The Morgan fingerprint density at radius 2 is 1.91 bits per heavy atom. The molecule has 0 saturated heterocycles. The van der Waals surface area contributed by atoms with E-state index in [1.165, 1.54) is 6.21 Å². The van der Waals surface area contributed by atoms with Crippen LogP contribution < -0.4 is 5.43 Å². The van der Waals surface area contributed by atoms with Crippen LogP contribution in [-0.4, -0.2) is 17.2 Å². The molecule has 5 heteroatoms. The zero-order chi connectivity index (χ0) is 16.2. The molecule has 0 unspecified atom stereocenters. The smallest absolute Gasteiger partial charge is 0.271 e. The Morgan fingerprint density at radius 1 is 1.09 bits per heavy atom. The third-order valence-corrected chi connectivity index (χ3v) is 3.62. The van der Waals surface area contributed by atoms with Crippen molar-refractivity contribution in [2.75, 3.05) is 0 Å². The van der Waals surface area contributed by atoms with Gasteiger partial charge in [-0.15, -0.1) is 0 Å². The summed E-state index contributed by atoms with van der Waals surface area (Å²) in [5, 5.41) is 16.3. The lowest BCUT2D eigenvalue weighted by atomic mass is 10.1. The van der Waals surface area contributed by atoms with Crippen LogP contribution in [0.3, 0.4) is 0 Å². The van der Waals surface area contributed by atoms with Gasteiger partial charge in [0.2, 0.25) is 0 Å². The number of halogens is 1. The molecule has 23 heavy (non-hydrogen) atoms. The average molecular weight is 325 g/mol. The molecule has 0 saturated carbocycles. The van der Waals surface area contributed by atoms with Crippen LogP contribution in [0.15, 0.2) is 65.8 Å². The van der Waals surface area contributed by atoms with E-state index in [0.29, 0.717) is 16.1 Å². The number of nitrogens with one attached hydrogen (secondary N) is 1. The summed E-state index contributed by atoms with van der Waals surface area (Å²) in [4.78, 5) is 11.9. The lowest BCUT2D eigenvalue weighted by Crippen LogP contribution is -2.17. The highest BCUT2D eigenvalue weighted by Gasteiger charge is 2.06. The third kappa shape index (κ3) is 3.33. The molecule has 1 amide bonds. The van der Waals surface area contributed by atoms with Crippen molar-refractivity contribution in [1.82, 2.24) is 5.43 Å². The second kappa shape index (κ2) is 6.50. The molecule has 0 aromatic heterocycles. The number of benzene rings is 3. The molecule has 4 nitrogen and oxygen atoms in total. The Hall–Kier alpha value is -2.85. The Bertz CT molecular complexity index is 906. The number of carbonyl (C=O) groups excluding carboxylic acids is 1. The summed E-state index contributed by atoms with van der Waals surface area (Å²) in [6.45, 7) is 0. The van der Waals surface area contributed by atoms with Gasteiger partial charge < -0.3 is 5.11 Å². The molecule has 0 heterocycles. The summed E-state index contributed by atoms with van der Waals surface area (Å²) in [5.41, 5.74) is 3.35. The van der Waals surface area contributed by atoms with E-state index in [-0.39, 0.29) is 11.7 Å². The molecule has 3 aromatic carbocycles. The van der Waals surface area contributed by atoms with E-state index in [9.17, 15) is 9.90 Å². The summed E-state index contributed by atoms with van der Waals surface area (Å²) in [6, 6.07) is 17.7. The lowest BCUT2D eigenvalue weighted by Gasteiger charge is -2.04. The minimum atomic E-state index is -0.371. The van der Waals surface area contributed by atoms with E-state index >= 15 is 0 Å². The number of fused-ring (bicyclic) bond motifs is 1. The van der Waals surface area contributed by atoms with E-state index in [4.69, 9.17) is 11.6 Å². The van der Waals surface area contributed by atoms with Gasteiger partial charge in [0.25, 0.3) is 5.91 Å². The first-order chi connectivity index (χ1) is 11.1. The standard InChI is InChI=1S/C18H13ClN2O2/c19-15-6-3-5-13(10-15)18(23)21-20-11-14-9-8-12-4-1-2-7-16(12)17(14)22/h1-11,22H,(H,21,23). The van der Waals surface area contributed by atoms with Gasteiger partial charge in [-0.3, -0.25) is 4.79 Å². The molecule has 0 aliphatic rings. The van der Waals surface area contributed by atoms with Gasteiger partial charge in [0, 0.05) is 21.5 Å². The zero-order valence-electron chi connectivity index (χ0n) is 12.0. The SMILES string of the molecule is O=C(NN=Cc1ccc2ccccc2c1O)c1cccc(Cl)c1. The van der Waals surface area contributed by atoms with Crippen LogP contribution in [0.5, 0.6) is 5.75 Å². The summed E-state index contributed by atoms with van der Waals surface area (Å²) >= 11 is 5.84. The van der Waals surface area contributed by atoms with Gasteiger partial charge in [-0.1, -0.05) is 48.0 Å². The fraction of sp³-hybridized carbons (Fsp3) is 0. The average Bonchev–Trinajstić information content (AvgIpc) is 2.57. The number of hydrazone groups is 1. The first-order valence-electron chi connectivity index (χ1n) is 6.95. The highest BCUT2D eigenvalue weighted by molar-refractivity contribution is 6.30. The molecule has 0 radical (unpaired) electrons. The number of phenols is 1. The molecular formula is C18H13ClN2O2. The van der Waals surface area contributed by atoms with Crippen LogP contribution in [0.25, 0.3) is 10.8 Å². The zero-order valence-corrected chi connectivity index (χ0v) is 12.8. The van der Waals surface area contributed by atoms with Gasteiger partial charge in [0.05, 0.1) is 6.21 Å². The molecule has 114 valence electrons. The Kier molecular flexibility index (Phi) is 4.26. The van der Waals surface area contributed by atoms with Gasteiger partial charge in [0.15, 0.2) is 0 Å². The van der Waals surface area contributed by atoms with E-state index in [2.05, 4.69) is 10.5 Å². The second-order valence-corrected chi connectivity index (χ2v) is 5.37. The topological polar surface area (TPSA) is 61.7 Å². The van der Waals surface area contributed by atoms with E-state index in [1.807, 2.05) is 30.3 Å². The van der Waals surface area contributed by atoms with E-state index < -0.39 is 0 Å². The number of rotatable bonds is 3. The van der Waals surface area contributed by atoms with Gasteiger partial charge in [-0.05, 0) is 29.7 Å². The van der Waals surface area contributed by atoms with Gasteiger partial charge in [-0.2, -0.15) is 5.10 Å². The molecule has 3 aromatic rings. The Labute approximate surface area is 138 Å². The van der Waals surface area contributed by atoms with Gasteiger partial charge >= 0.3 is 0 Å². The van der Waals surface area contributed by atoms with Crippen molar-refractivity contribution in [2.45, 2.75) is 0 Å². The predicted molar refractivity (Wildman–Crippen MR) is 92.1 cm³/mol. The molecule has 0 fully saturated rings. The number of hydrogen-bond acceptors (Lipinski definition) is 3. The maximum absolute atomic E-state index is 11.9. The fourth-order valence-electron chi connectivity index (χ4n) is 2.23. The van der Waals surface area contributed by atoms with Crippen LogP contribution in [-0.2, 0) is 0 Å². The Morgan fingerprint density at radius 3 is 2.74 bits per heavy atom. The van der Waals surface area contributed by atoms with Crippen molar-refractivity contribution in [2.24, 2.45) is 5.10 Å². The predicted octanol–water partition coefficient (Wildman–Crippen LogP) is 3.96. The van der Waals surface area contributed by atoms with Crippen molar-refractivity contribution in [3.8, 4) is 5.75 Å². The number of carbonyl (C=O) groups is 1. The van der Waals surface area contributed by atoms with E-state index in [1.54, 1.807) is 30.3 Å². The van der Waals surface area contributed by atoms with Crippen LogP contribution in [0, 0.1) is 0 Å². The minimum absolute atomic E-state index is 0.129. The molecule has 0 bridgehead atoms. The van der Waals surface area contributed by atoms with Crippen LogP contribution in [0.1, 0.15) is 15.9 Å². The Balaban J connectivity index is 1.78. The molecule has 0 atom stereocenters. The molecule has 0 aliphatic heterocycles. The van der Waals surface area contributed by atoms with Crippen molar-refractivity contribution in [3.63, 3.8) is 0 Å². The van der Waals surface area contributed by atoms with Crippen molar-refractivity contribution in [3.05, 3.63) is 76.8 Å². The summed E-state index contributed by atoms with van der Waals surface area (Å²) in [7, 11) is 0. The number of amides is 1.